The molecule has 0 atom stereocenters. The fourth-order valence-corrected chi connectivity index (χ4v) is 2.80. The van der Waals surface area contributed by atoms with Gasteiger partial charge < -0.3 is 9.94 Å². The summed E-state index contributed by atoms with van der Waals surface area (Å²) in [4.78, 5) is 0. The molecule has 0 N–H and O–H groups in total. The molecule has 2 rings (SSSR count). The van der Waals surface area contributed by atoms with E-state index in [1.165, 1.54) is 28.5 Å². The van der Waals surface area contributed by atoms with E-state index in [4.69, 9.17) is 0 Å². The van der Waals surface area contributed by atoms with Gasteiger partial charge in [0.2, 0.25) is 0 Å². The average Bonchev–Trinajstić information content (AvgIpc) is 2.34. The highest BCUT2D eigenvalue weighted by molar-refractivity contribution is 7.56. The van der Waals surface area contributed by atoms with E-state index in [-0.39, 0.29) is 15.9 Å². The van der Waals surface area contributed by atoms with Crippen molar-refractivity contribution in [1.82, 2.24) is 4.73 Å². The van der Waals surface area contributed by atoms with E-state index < -0.39 is 0 Å². The van der Waals surface area contributed by atoms with Gasteiger partial charge in [-0.3, -0.25) is 0 Å². The van der Waals surface area contributed by atoms with Gasteiger partial charge in [0.1, 0.15) is 15.9 Å². The molecule has 1 aromatic heterocycles. The van der Waals surface area contributed by atoms with Crippen LogP contribution in [0.15, 0.2) is 30.5 Å². The van der Waals surface area contributed by atoms with E-state index in [1.54, 1.807) is 6.07 Å². The van der Waals surface area contributed by atoms with Crippen LogP contribution in [0, 0.1) is 30.6 Å². The molecule has 0 fully saturated rings. The van der Waals surface area contributed by atoms with Crippen molar-refractivity contribution in [1.29, 1.82) is 0 Å². The zero-order valence-corrected chi connectivity index (χ0v) is 12.1. The Bertz CT molecular complexity index is 689. The molecular formula is C15H16NO2S-. The van der Waals surface area contributed by atoms with Crippen LogP contribution in [0.5, 0.6) is 0 Å². The highest BCUT2D eigenvalue weighted by Gasteiger charge is 2.06. The molecule has 0 spiro atoms. The molecule has 0 amide bonds. The van der Waals surface area contributed by atoms with Crippen molar-refractivity contribution in [3.8, 4) is 0 Å². The number of hydrogen-bond acceptors (Lipinski definition) is 2. The van der Waals surface area contributed by atoms with Gasteiger partial charge in [-0.15, -0.1) is 0 Å². The number of pyridine rings is 1. The van der Waals surface area contributed by atoms with Crippen LogP contribution in [0.4, 0.5) is 0 Å². The largest absolute Gasteiger partial charge is 0.805 e. The van der Waals surface area contributed by atoms with Crippen LogP contribution < -0.4 is 0 Å². The van der Waals surface area contributed by atoms with Gasteiger partial charge in [-0.25, -0.2) is 4.21 Å². The third-order valence-electron chi connectivity index (χ3n) is 3.28. The first-order valence-corrected chi connectivity index (χ1v) is 6.84. The predicted molar refractivity (Wildman–Crippen MR) is 78.0 cm³/mol. The van der Waals surface area contributed by atoms with E-state index >= 15 is 0 Å². The van der Waals surface area contributed by atoms with Crippen LogP contribution >= 0.6 is 0 Å². The predicted octanol–water partition coefficient (Wildman–Crippen LogP) is 3.10. The molecule has 0 aliphatic heterocycles. The van der Waals surface area contributed by atoms with Crippen LogP contribution in [-0.4, -0.2) is 8.94 Å². The second-order valence-electron chi connectivity index (χ2n) is 4.80. The Hall–Kier alpha value is -1.81. The van der Waals surface area contributed by atoms with Gasteiger partial charge in [-0.2, -0.15) is 0 Å². The zero-order valence-electron chi connectivity index (χ0n) is 11.3. The number of aromatic nitrogens is 1. The van der Waals surface area contributed by atoms with Gasteiger partial charge in [-0.1, -0.05) is 23.8 Å². The van der Waals surface area contributed by atoms with E-state index in [2.05, 4.69) is 32.9 Å². The Morgan fingerprint density at radius 2 is 1.84 bits per heavy atom. The number of benzene rings is 1. The van der Waals surface area contributed by atoms with Gasteiger partial charge in [-0.05, 0) is 55.3 Å². The van der Waals surface area contributed by atoms with Crippen LogP contribution in [0.3, 0.4) is 0 Å². The van der Waals surface area contributed by atoms with Gasteiger partial charge >= 0.3 is 0 Å². The smallest absolute Gasteiger partial charge is 0.135 e. The number of hydrogen-bond donors (Lipinski definition) is 0. The van der Waals surface area contributed by atoms with E-state index in [1.807, 2.05) is 6.07 Å². The zero-order chi connectivity index (χ0) is 14.0. The lowest BCUT2D eigenvalue weighted by Crippen LogP contribution is -2.01. The SMILES string of the molecule is Cc1cc(C)c(Cc2cccn([O-])c2=S=O)c(C)c1. The fraction of sp³-hybridized carbons (Fsp3) is 0.267. The molecule has 0 radical (unpaired) electrons. The normalized spacial score (nSPS) is 10.5. The molecular weight excluding hydrogens is 258 g/mol. The second kappa shape index (κ2) is 5.45. The topological polar surface area (TPSA) is 45.1 Å². The summed E-state index contributed by atoms with van der Waals surface area (Å²) in [6, 6.07) is 7.77. The minimum atomic E-state index is 0.238. The molecule has 1 aromatic carbocycles. The van der Waals surface area contributed by atoms with Crippen LogP contribution in [-0.2, 0) is 17.7 Å². The summed E-state index contributed by atoms with van der Waals surface area (Å²) in [7, 11) is 0. The average molecular weight is 274 g/mol. The Morgan fingerprint density at radius 1 is 1.21 bits per heavy atom. The summed E-state index contributed by atoms with van der Waals surface area (Å²) < 4.78 is 12.0. The summed E-state index contributed by atoms with van der Waals surface area (Å²) in [6.45, 7) is 6.19. The molecule has 1 heterocycles. The summed E-state index contributed by atoms with van der Waals surface area (Å²) in [6.07, 6.45) is 1.98. The maximum absolute atomic E-state index is 11.6. The summed E-state index contributed by atoms with van der Waals surface area (Å²) in [5.41, 5.74) is 5.59. The number of aryl methyl sites for hydroxylation is 3. The van der Waals surface area contributed by atoms with Gasteiger partial charge in [0, 0.05) is 6.42 Å². The lowest BCUT2D eigenvalue weighted by Gasteiger charge is -2.15. The molecule has 0 saturated heterocycles. The third kappa shape index (κ3) is 2.79. The third-order valence-corrected chi connectivity index (χ3v) is 3.88. The molecule has 2 aromatic rings. The summed E-state index contributed by atoms with van der Waals surface area (Å²) >= 11 is 0.257. The van der Waals surface area contributed by atoms with Crippen molar-refractivity contribution in [3.05, 3.63) is 68.1 Å². The van der Waals surface area contributed by atoms with Crippen LogP contribution in [0.25, 0.3) is 0 Å². The van der Waals surface area contributed by atoms with E-state index in [0.717, 1.165) is 5.56 Å². The molecule has 0 aliphatic carbocycles. The summed E-state index contributed by atoms with van der Waals surface area (Å²) in [5, 5.41) is 11.6. The summed E-state index contributed by atoms with van der Waals surface area (Å²) in [5.74, 6) is 0. The molecule has 4 heteroatoms. The molecule has 100 valence electrons. The number of nitrogens with zero attached hydrogens (tertiary/aromatic N) is 1. The fourth-order valence-electron chi connectivity index (χ4n) is 2.42. The standard InChI is InChI=1S/C15H16NO2S/c1-10-7-11(2)14(12(3)8-10)9-13-5-4-6-16(17)15(13)19-18/h4-8H,9H2,1-3H3/q-1. The van der Waals surface area contributed by atoms with Crippen molar-refractivity contribution >= 4 is 11.3 Å². The van der Waals surface area contributed by atoms with Crippen LogP contribution in [0.2, 0.25) is 0 Å². The quantitative estimate of drug-likeness (QED) is 0.790. The van der Waals surface area contributed by atoms with E-state index in [0.29, 0.717) is 11.2 Å². The van der Waals surface area contributed by atoms with Crippen molar-refractivity contribution in [2.45, 2.75) is 27.2 Å². The molecule has 0 unspecified atom stereocenters. The van der Waals surface area contributed by atoms with Crippen molar-refractivity contribution in [3.63, 3.8) is 0 Å². The van der Waals surface area contributed by atoms with Crippen molar-refractivity contribution < 1.29 is 4.21 Å². The lowest BCUT2D eigenvalue weighted by molar-refractivity contribution is 0.698. The van der Waals surface area contributed by atoms with Crippen molar-refractivity contribution in [2.24, 2.45) is 0 Å². The molecule has 0 saturated carbocycles. The second-order valence-corrected chi connectivity index (χ2v) is 5.36. The monoisotopic (exact) mass is 274 g/mol. The Labute approximate surface area is 116 Å². The number of rotatable bonds is 2. The van der Waals surface area contributed by atoms with E-state index in [9.17, 15) is 9.42 Å². The Balaban J connectivity index is 2.55. The van der Waals surface area contributed by atoms with Crippen LogP contribution in [0.1, 0.15) is 27.8 Å². The first-order chi connectivity index (χ1) is 9.02. The Kier molecular flexibility index (Phi) is 3.90. The molecule has 19 heavy (non-hydrogen) atoms. The first-order valence-electron chi connectivity index (χ1n) is 6.10. The minimum absolute atomic E-state index is 0.238. The van der Waals surface area contributed by atoms with Crippen molar-refractivity contribution in [2.75, 3.05) is 0 Å². The van der Waals surface area contributed by atoms with Gasteiger partial charge in [0.05, 0.1) is 0 Å². The lowest BCUT2D eigenvalue weighted by atomic mass is 9.95. The molecule has 0 aliphatic rings. The maximum Gasteiger partial charge on any atom is 0.135 e. The molecule has 3 nitrogen and oxygen atoms in total. The highest BCUT2D eigenvalue weighted by Crippen LogP contribution is 2.20. The maximum atomic E-state index is 11.6. The first kappa shape index (κ1) is 13.6. The highest BCUT2D eigenvalue weighted by atomic mass is 32.1. The minimum Gasteiger partial charge on any atom is -0.805 e. The molecule has 0 bridgehead atoms. The Morgan fingerprint density at radius 3 is 2.42 bits per heavy atom. The van der Waals surface area contributed by atoms with Gasteiger partial charge in [0.15, 0.2) is 0 Å². The van der Waals surface area contributed by atoms with Gasteiger partial charge in [0.25, 0.3) is 0 Å².